The van der Waals surface area contributed by atoms with Crippen LogP contribution in [0.4, 0.5) is 26.5 Å². The van der Waals surface area contributed by atoms with Gasteiger partial charge in [-0.05, 0) is 17.4 Å². The minimum atomic E-state index is -5.59. The third kappa shape index (κ3) is 11.8. The van der Waals surface area contributed by atoms with E-state index in [0.29, 0.717) is 6.54 Å². The SMILES string of the molecule is C=CCN.O=S(=O)(OF)C(F)(F)CCCCCCC(F)(F)F. The number of hydrogen-bond donors (Lipinski definition) is 1. The molecule has 134 valence electrons. The van der Waals surface area contributed by atoms with Crippen LogP contribution in [0.5, 0.6) is 0 Å². The molecular weight excluding hydrogens is 340 g/mol. The Bertz CT molecular complexity index is 397. The summed E-state index contributed by atoms with van der Waals surface area (Å²) in [7, 11) is -5.59. The molecule has 0 amide bonds. The second kappa shape index (κ2) is 10.8. The first-order valence-electron chi connectivity index (χ1n) is 6.24. The van der Waals surface area contributed by atoms with E-state index < -0.39 is 34.4 Å². The second-order valence-corrected chi connectivity index (χ2v) is 5.84. The van der Waals surface area contributed by atoms with Crippen LogP contribution in [0.3, 0.4) is 0 Å². The zero-order chi connectivity index (χ0) is 17.9. The Labute approximate surface area is 125 Å². The van der Waals surface area contributed by atoms with Crippen molar-refractivity contribution in [2.75, 3.05) is 6.54 Å². The van der Waals surface area contributed by atoms with Crippen LogP contribution >= 0.6 is 0 Å². The van der Waals surface area contributed by atoms with Crippen molar-refractivity contribution in [2.45, 2.75) is 50.0 Å². The average Bonchev–Trinajstić information content (AvgIpc) is 2.41. The van der Waals surface area contributed by atoms with Gasteiger partial charge in [-0.3, -0.25) is 0 Å². The fraction of sp³-hybridized carbons (Fsp3) is 0.818. The van der Waals surface area contributed by atoms with Crippen LogP contribution in [-0.4, -0.2) is 26.4 Å². The number of unbranched alkanes of at least 4 members (excludes halogenated alkanes) is 3. The van der Waals surface area contributed by atoms with Crippen molar-refractivity contribution >= 4 is 10.1 Å². The number of nitrogens with two attached hydrogens (primary N) is 1. The van der Waals surface area contributed by atoms with Gasteiger partial charge in [-0.1, -0.05) is 23.3 Å². The monoisotopic (exact) mass is 359 g/mol. The summed E-state index contributed by atoms with van der Waals surface area (Å²) in [4.78, 5) is 0. The average molecular weight is 359 g/mol. The van der Waals surface area contributed by atoms with Crippen molar-refractivity contribution in [3.05, 3.63) is 12.7 Å². The number of halogens is 6. The highest BCUT2D eigenvalue weighted by molar-refractivity contribution is 7.87. The highest BCUT2D eigenvalue weighted by Crippen LogP contribution is 2.30. The van der Waals surface area contributed by atoms with Gasteiger partial charge in [-0.15, -0.1) is 6.58 Å². The number of alkyl halides is 5. The van der Waals surface area contributed by atoms with Crippen LogP contribution in [0.25, 0.3) is 0 Å². The molecule has 0 aliphatic carbocycles. The van der Waals surface area contributed by atoms with Gasteiger partial charge >= 0.3 is 21.5 Å². The second-order valence-electron chi connectivity index (χ2n) is 4.21. The van der Waals surface area contributed by atoms with E-state index in [0.717, 1.165) is 0 Å². The molecule has 4 nitrogen and oxygen atoms in total. The Hall–Kier alpha value is -0.810. The normalized spacial score (nSPS) is 12.5. The van der Waals surface area contributed by atoms with Crippen LogP contribution in [0.1, 0.15) is 38.5 Å². The molecule has 0 aliphatic heterocycles. The van der Waals surface area contributed by atoms with Crippen molar-refractivity contribution in [3.63, 3.8) is 0 Å². The third-order valence-electron chi connectivity index (χ3n) is 2.29. The molecule has 0 atom stereocenters. The predicted molar refractivity (Wildman–Crippen MR) is 69.1 cm³/mol. The molecule has 0 rings (SSSR count). The molecule has 0 aromatic carbocycles. The molecule has 0 bridgehead atoms. The zero-order valence-electron chi connectivity index (χ0n) is 11.7. The van der Waals surface area contributed by atoms with E-state index in [4.69, 9.17) is 5.73 Å². The smallest absolute Gasteiger partial charge is 0.327 e. The summed E-state index contributed by atoms with van der Waals surface area (Å²) in [6.07, 6.45) is -5.38. The van der Waals surface area contributed by atoms with E-state index in [1.807, 2.05) is 0 Å². The topological polar surface area (TPSA) is 69.4 Å². The molecule has 0 aliphatic rings. The lowest BCUT2D eigenvalue weighted by molar-refractivity contribution is -0.135. The summed E-state index contributed by atoms with van der Waals surface area (Å²) in [6.45, 7) is 3.94. The molecule has 0 unspecified atom stereocenters. The van der Waals surface area contributed by atoms with Gasteiger partial charge in [0.25, 0.3) is 0 Å². The molecule has 0 fully saturated rings. The molecule has 0 saturated heterocycles. The van der Waals surface area contributed by atoms with E-state index in [1.165, 1.54) is 0 Å². The van der Waals surface area contributed by atoms with E-state index in [2.05, 4.69) is 11.0 Å². The lowest BCUT2D eigenvalue weighted by atomic mass is 10.1. The van der Waals surface area contributed by atoms with Crippen LogP contribution in [-0.2, 0) is 14.5 Å². The maximum atomic E-state index is 12.8. The molecule has 0 heterocycles. The Balaban J connectivity index is 0. The van der Waals surface area contributed by atoms with Gasteiger partial charge in [0.05, 0.1) is 0 Å². The predicted octanol–water partition coefficient (Wildman–Crippen LogP) is 3.84. The summed E-state index contributed by atoms with van der Waals surface area (Å²) < 4.78 is 94.9. The van der Waals surface area contributed by atoms with Crippen LogP contribution in [0.2, 0.25) is 0 Å². The first-order valence-corrected chi connectivity index (χ1v) is 7.64. The lowest BCUT2D eigenvalue weighted by Crippen LogP contribution is -2.28. The van der Waals surface area contributed by atoms with Gasteiger partial charge < -0.3 is 5.73 Å². The van der Waals surface area contributed by atoms with Gasteiger partial charge in [-0.2, -0.15) is 30.4 Å². The quantitative estimate of drug-likeness (QED) is 0.386. The zero-order valence-corrected chi connectivity index (χ0v) is 12.5. The molecular formula is C11H19F6NO3S. The number of rotatable bonds is 9. The maximum absolute atomic E-state index is 12.8. The van der Waals surface area contributed by atoms with E-state index in [1.54, 1.807) is 6.08 Å². The molecule has 0 aromatic rings. The van der Waals surface area contributed by atoms with Crippen molar-refractivity contribution in [1.82, 2.24) is 0 Å². The van der Waals surface area contributed by atoms with E-state index in [9.17, 15) is 34.9 Å². The molecule has 11 heteroatoms. The summed E-state index contributed by atoms with van der Waals surface area (Å²) in [5.74, 6) is 0. The summed E-state index contributed by atoms with van der Waals surface area (Å²) >= 11 is 0. The van der Waals surface area contributed by atoms with E-state index in [-0.39, 0.29) is 25.7 Å². The minimum absolute atomic E-state index is 0.00647. The molecule has 0 radical (unpaired) electrons. The fourth-order valence-corrected chi connectivity index (χ4v) is 1.67. The maximum Gasteiger partial charge on any atom is 0.389 e. The largest absolute Gasteiger partial charge is 0.389 e. The summed E-state index contributed by atoms with van der Waals surface area (Å²) in [5.41, 5.74) is 4.91. The van der Waals surface area contributed by atoms with Gasteiger partial charge in [0.2, 0.25) is 0 Å². The Morgan fingerprint density at radius 3 is 1.73 bits per heavy atom. The highest BCUT2D eigenvalue weighted by atomic mass is 32.2. The van der Waals surface area contributed by atoms with Crippen LogP contribution in [0.15, 0.2) is 12.7 Å². The molecule has 0 aromatic heterocycles. The Morgan fingerprint density at radius 1 is 1.00 bits per heavy atom. The highest BCUT2D eigenvalue weighted by Gasteiger charge is 2.46. The fourth-order valence-electron chi connectivity index (χ4n) is 1.18. The van der Waals surface area contributed by atoms with Crippen molar-refractivity contribution in [3.8, 4) is 0 Å². The van der Waals surface area contributed by atoms with Crippen LogP contribution in [0, 0.1) is 0 Å². The number of hydrogen-bond acceptors (Lipinski definition) is 4. The third-order valence-corrected chi connectivity index (χ3v) is 3.39. The van der Waals surface area contributed by atoms with Gasteiger partial charge in [0, 0.05) is 19.4 Å². The van der Waals surface area contributed by atoms with Gasteiger partial charge in [0.1, 0.15) is 0 Å². The van der Waals surface area contributed by atoms with Gasteiger partial charge in [0.15, 0.2) is 0 Å². The summed E-state index contributed by atoms with van der Waals surface area (Å²) in [5, 5.41) is -4.37. The van der Waals surface area contributed by atoms with Crippen molar-refractivity contribution in [1.29, 1.82) is 0 Å². The molecule has 0 spiro atoms. The first-order chi connectivity index (χ1) is 9.93. The summed E-state index contributed by atoms with van der Waals surface area (Å²) in [6, 6.07) is 0. The first kappa shape index (κ1) is 23.5. The Kier molecular flexibility index (Phi) is 11.6. The molecule has 0 saturated carbocycles. The Morgan fingerprint density at radius 2 is 1.41 bits per heavy atom. The molecule has 22 heavy (non-hydrogen) atoms. The van der Waals surface area contributed by atoms with Gasteiger partial charge in [-0.25, -0.2) is 0 Å². The van der Waals surface area contributed by atoms with Crippen LogP contribution < -0.4 is 5.73 Å². The standard InChI is InChI=1S/C8H12F6O3S.C3H7N/c9-7(10,11)5-3-1-2-4-6-8(12,13)18(15,16)17-14;1-2-3-4/h1-6H2;2H,1,3-4H2. The van der Waals surface area contributed by atoms with Crippen molar-refractivity contribution in [2.24, 2.45) is 5.73 Å². The van der Waals surface area contributed by atoms with Crippen molar-refractivity contribution < 1.29 is 39.3 Å². The lowest BCUT2D eigenvalue weighted by Gasteiger charge is -2.12. The minimum Gasteiger partial charge on any atom is -0.327 e. The molecule has 2 N–H and O–H groups in total. The van der Waals surface area contributed by atoms with E-state index >= 15 is 0 Å².